The minimum atomic E-state index is -1.11. The first kappa shape index (κ1) is 14.0. The molecule has 1 fully saturated rings. The Morgan fingerprint density at radius 2 is 2.10 bits per heavy atom. The van der Waals surface area contributed by atoms with Crippen molar-refractivity contribution in [3.63, 3.8) is 0 Å². The normalized spacial score (nSPS) is 22.7. The van der Waals surface area contributed by atoms with Crippen LogP contribution in [0.2, 0.25) is 0 Å². The summed E-state index contributed by atoms with van der Waals surface area (Å²) in [5, 5.41) is 0. The van der Waals surface area contributed by atoms with Crippen molar-refractivity contribution in [3.05, 3.63) is 34.9 Å². The highest BCUT2D eigenvalue weighted by Gasteiger charge is 2.21. The van der Waals surface area contributed by atoms with E-state index in [-0.39, 0.29) is 17.6 Å². The third kappa shape index (κ3) is 3.18. The molecule has 0 bridgehead atoms. The molecule has 3 nitrogen and oxygen atoms in total. The van der Waals surface area contributed by atoms with E-state index in [4.69, 9.17) is 4.74 Å². The van der Waals surface area contributed by atoms with Gasteiger partial charge in [0.05, 0.1) is 17.6 Å². The Labute approximate surface area is 122 Å². The molecule has 20 heavy (non-hydrogen) atoms. The summed E-state index contributed by atoms with van der Waals surface area (Å²) in [5.41, 5.74) is 3.37. The van der Waals surface area contributed by atoms with Gasteiger partial charge in [-0.05, 0) is 49.3 Å². The minimum Gasteiger partial charge on any atom is -0.377 e. The summed E-state index contributed by atoms with van der Waals surface area (Å²) in [6.07, 6.45) is 5.46. The van der Waals surface area contributed by atoms with Gasteiger partial charge in [-0.2, -0.15) is 0 Å². The molecule has 1 aliphatic carbocycles. The number of hydrogen-bond acceptors (Lipinski definition) is 3. The van der Waals surface area contributed by atoms with Crippen molar-refractivity contribution in [1.29, 1.82) is 0 Å². The Morgan fingerprint density at radius 3 is 2.90 bits per heavy atom. The van der Waals surface area contributed by atoms with Gasteiger partial charge in [0, 0.05) is 23.0 Å². The molecule has 0 radical (unpaired) electrons. The molecule has 0 spiro atoms. The molecule has 1 aromatic rings. The Bertz CT molecular complexity index is 533. The lowest BCUT2D eigenvalue weighted by molar-refractivity contribution is 0.102. The van der Waals surface area contributed by atoms with Crippen molar-refractivity contribution in [3.8, 4) is 0 Å². The molecule has 1 saturated heterocycles. The molecule has 2 aliphatic rings. The fourth-order valence-corrected chi connectivity index (χ4v) is 4.27. The summed E-state index contributed by atoms with van der Waals surface area (Å²) in [6.45, 7) is 0.765. The van der Waals surface area contributed by atoms with Crippen LogP contribution in [-0.2, 0) is 28.4 Å². The summed E-state index contributed by atoms with van der Waals surface area (Å²) < 4.78 is 17.5. The summed E-state index contributed by atoms with van der Waals surface area (Å²) in [4.78, 5) is 12.2. The minimum absolute atomic E-state index is 0.00368. The predicted octanol–water partition coefficient (Wildman–Crippen LogP) is 2.29. The third-order valence-electron chi connectivity index (χ3n) is 4.11. The lowest BCUT2D eigenvalue weighted by Gasteiger charge is -2.09. The molecule has 108 valence electrons. The molecule has 0 saturated carbocycles. The molecule has 1 heterocycles. The molecule has 2 atom stereocenters. The fraction of sp³-hybridized carbons (Fsp3) is 0.562. The van der Waals surface area contributed by atoms with E-state index in [9.17, 15) is 9.00 Å². The molecule has 0 N–H and O–H groups in total. The molecule has 0 aromatic heterocycles. The van der Waals surface area contributed by atoms with Crippen molar-refractivity contribution in [1.82, 2.24) is 0 Å². The van der Waals surface area contributed by atoms with Crippen LogP contribution in [0.4, 0.5) is 0 Å². The van der Waals surface area contributed by atoms with E-state index < -0.39 is 10.8 Å². The zero-order valence-corrected chi connectivity index (χ0v) is 12.4. The predicted molar refractivity (Wildman–Crippen MR) is 79.6 cm³/mol. The number of carbonyl (C=O) groups is 1. The number of hydrogen-bond donors (Lipinski definition) is 0. The number of aryl methyl sites for hydroxylation is 2. The smallest absolute Gasteiger partial charge is 0.175 e. The molecule has 2 unspecified atom stereocenters. The second-order valence-electron chi connectivity index (χ2n) is 5.65. The van der Waals surface area contributed by atoms with Crippen molar-refractivity contribution >= 4 is 16.6 Å². The van der Waals surface area contributed by atoms with Crippen LogP contribution in [0.1, 0.15) is 40.7 Å². The van der Waals surface area contributed by atoms with E-state index >= 15 is 0 Å². The largest absolute Gasteiger partial charge is 0.377 e. The Morgan fingerprint density at radius 1 is 1.25 bits per heavy atom. The fourth-order valence-electron chi connectivity index (χ4n) is 3.02. The lowest BCUT2D eigenvalue weighted by Crippen LogP contribution is -2.21. The standard InChI is InChI=1S/C16H20O3S/c17-16(11-20(18)10-15-5-2-8-19-15)14-7-6-12-3-1-4-13(12)9-14/h6-7,9,15H,1-5,8,10-11H2. The average molecular weight is 292 g/mol. The van der Waals surface area contributed by atoms with Crippen LogP contribution in [0, 0.1) is 0 Å². The maximum atomic E-state index is 12.2. The second kappa shape index (κ2) is 6.19. The number of carbonyl (C=O) groups excluding carboxylic acids is 1. The van der Waals surface area contributed by atoms with E-state index in [1.807, 2.05) is 12.1 Å². The Kier molecular flexibility index (Phi) is 4.32. The van der Waals surface area contributed by atoms with Gasteiger partial charge in [-0.25, -0.2) is 0 Å². The second-order valence-corrected chi connectivity index (χ2v) is 7.15. The van der Waals surface area contributed by atoms with E-state index in [1.165, 1.54) is 17.5 Å². The summed E-state index contributed by atoms with van der Waals surface area (Å²) in [6, 6.07) is 5.93. The van der Waals surface area contributed by atoms with Gasteiger partial charge >= 0.3 is 0 Å². The molecular weight excluding hydrogens is 272 g/mol. The zero-order chi connectivity index (χ0) is 13.9. The Balaban J connectivity index is 1.59. The molecule has 1 aliphatic heterocycles. The number of rotatable bonds is 5. The van der Waals surface area contributed by atoms with Gasteiger partial charge in [-0.3, -0.25) is 9.00 Å². The van der Waals surface area contributed by atoms with Crippen LogP contribution in [0.3, 0.4) is 0 Å². The monoisotopic (exact) mass is 292 g/mol. The van der Waals surface area contributed by atoms with Gasteiger partial charge in [0.15, 0.2) is 5.78 Å². The Hall–Kier alpha value is -1.00. The van der Waals surface area contributed by atoms with E-state index in [1.54, 1.807) is 0 Å². The molecular formula is C16H20O3S. The van der Waals surface area contributed by atoms with E-state index in [0.717, 1.165) is 32.3 Å². The van der Waals surface area contributed by atoms with Crippen LogP contribution in [0.15, 0.2) is 18.2 Å². The van der Waals surface area contributed by atoms with Crippen molar-refractivity contribution in [2.75, 3.05) is 18.1 Å². The number of ketones is 1. The zero-order valence-electron chi connectivity index (χ0n) is 11.6. The summed E-state index contributed by atoms with van der Waals surface area (Å²) in [7, 11) is -1.11. The van der Waals surface area contributed by atoms with Crippen LogP contribution < -0.4 is 0 Å². The highest BCUT2D eigenvalue weighted by molar-refractivity contribution is 7.85. The van der Waals surface area contributed by atoms with Crippen LogP contribution >= 0.6 is 0 Å². The van der Waals surface area contributed by atoms with Gasteiger partial charge in [0.1, 0.15) is 0 Å². The molecule has 1 aromatic carbocycles. The number of fused-ring (bicyclic) bond motifs is 1. The van der Waals surface area contributed by atoms with Crippen LogP contribution in [-0.4, -0.2) is 34.2 Å². The maximum Gasteiger partial charge on any atom is 0.175 e. The topological polar surface area (TPSA) is 43.4 Å². The summed E-state index contributed by atoms with van der Waals surface area (Å²) in [5.74, 6) is 0.617. The number of ether oxygens (including phenoxy) is 1. The van der Waals surface area contributed by atoms with Gasteiger partial charge < -0.3 is 4.74 Å². The number of benzene rings is 1. The van der Waals surface area contributed by atoms with E-state index in [0.29, 0.717) is 11.3 Å². The van der Waals surface area contributed by atoms with Gasteiger partial charge in [0.2, 0.25) is 0 Å². The van der Waals surface area contributed by atoms with Crippen molar-refractivity contribution in [2.45, 2.75) is 38.2 Å². The van der Waals surface area contributed by atoms with Gasteiger partial charge in [0.25, 0.3) is 0 Å². The quantitative estimate of drug-likeness (QED) is 0.782. The van der Waals surface area contributed by atoms with Gasteiger partial charge in [-0.15, -0.1) is 0 Å². The summed E-state index contributed by atoms with van der Waals surface area (Å²) >= 11 is 0. The van der Waals surface area contributed by atoms with E-state index in [2.05, 4.69) is 6.07 Å². The highest BCUT2D eigenvalue weighted by Crippen LogP contribution is 2.23. The maximum absolute atomic E-state index is 12.2. The van der Waals surface area contributed by atoms with Crippen molar-refractivity contribution in [2.24, 2.45) is 0 Å². The van der Waals surface area contributed by atoms with Gasteiger partial charge in [-0.1, -0.05) is 12.1 Å². The van der Waals surface area contributed by atoms with Crippen LogP contribution in [0.25, 0.3) is 0 Å². The molecule has 3 rings (SSSR count). The SMILES string of the molecule is O=C(CS(=O)CC1CCCO1)c1ccc2c(c1)CCC2. The number of Topliss-reactive ketones (excluding diaryl/α,β-unsaturated/α-hetero) is 1. The molecule has 4 heteroatoms. The molecule has 0 amide bonds. The average Bonchev–Trinajstić information content (AvgIpc) is 3.07. The first-order chi connectivity index (χ1) is 9.72. The third-order valence-corrected chi connectivity index (χ3v) is 5.44. The first-order valence-electron chi connectivity index (χ1n) is 7.34. The highest BCUT2D eigenvalue weighted by atomic mass is 32.2. The van der Waals surface area contributed by atoms with Crippen molar-refractivity contribution < 1.29 is 13.7 Å². The first-order valence-corrected chi connectivity index (χ1v) is 8.83. The lowest BCUT2D eigenvalue weighted by atomic mass is 10.0. The van der Waals surface area contributed by atoms with Crippen LogP contribution in [0.5, 0.6) is 0 Å².